The molecule has 29 heavy (non-hydrogen) atoms. The molecule has 4 aromatic rings. The van der Waals surface area contributed by atoms with Crippen molar-refractivity contribution in [2.24, 2.45) is 0 Å². The SMILES string of the molecule is FC(F)(F)c1cccc(CNc2nc(-c3ccc(Cl)cc3)nc3ccccc23)c1. The van der Waals surface area contributed by atoms with Crippen LogP contribution in [0.2, 0.25) is 5.02 Å². The van der Waals surface area contributed by atoms with Gasteiger partial charge in [0.2, 0.25) is 0 Å². The first-order valence-electron chi connectivity index (χ1n) is 8.83. The van der Waals surface area contributed by atoms with E-state index in [1.165, 1.54) is 6.07 Å². The van der Waals surface area contributed by atoms with Crippen molar-refractivity contribution in [1.29, 1.82) is 0 Å². The average molecular weight is 414 g/mol. The summed E-state index contributed by atoms with van der Waals surface area (Å²) < 4.78 is 38.9. The molecule has 0 spiro atoms. The van der Waals surface area contributed by atoms with Crippen molar-refractivity contribution in [3.05, 3.63) is 88.9 Å². The van der Waals surface area contributed by atoms with Gasteiger partial charge in [-0.05, 0) is 54.1 Å². The van der Waals surface area contributed by atoms with Crippen LogP contribution in [-0.4, -0.2) is 9.97 Å². The van der Waals surface area contributed by atoms with Crippen LogP contribution in [0.3, 0.4) is 0 Å². The Morgan fingerprint density at radius 2 is 1.62 bits per heavy atom. The zero-order valence-corrected chi connectivity index (χ0v) is 15.8. The normalized spacial score (nSPS) is 11.6. The van der Waals surface area contributed by atoms with Crippen LogP contribution in [0.4, 0.5) is 19.0 Å². The molecular formula is C22H15ClF3N3. The van der Waals surface area contributed by atoms with Crippen LogP contribution in [0.5, 0.6) is 0 Å². The summed E-state index contributed by atoms with van der Waals surface area (Å²) in [7, 11) is 0. The Morgan fingerprint density at radius 1 is 0.862 bits per heavy atom. The molecule has 0 aliphatic carbocycles. The number of hydrogen-bond acceptors (Lipinski definition) is 3. The molecule has 146 valence electrons. The van der Waals surface area contributed by atoms with E-state index < -0.39 is 11.7 Å². The van der Waals surface area contributed by atoms with Gasteiger partial charge in [0.15, 0.2) is 5.82 Å². The van der Waals surface area contributed by atoms with Gasteiger partial charge in [-0.1, -0.05) is 35.9 Å². The average Bonchev–Trinajstić information content (AvgIpc) is 2.72. The van der Waals surface area contributed by atoms with Gasteiger partial charge in [-0.2, -0.15) is 13.2 Å². The maximum Gasteiger partial charge on any atom is 0.416 e. The number of rotatable bonds is 4. The first-order valence-corrected chi connectivity index (χ1v) is 9.21. The lowest BCUT2D eigenvalue weighted by atomic mass is 10.1. The quantitative estimate of drug-likeness (QED) is 0.410. The standard InChI is InChI=1S/C22H15ClF3N3/c23-17-10-8-15(9-11-17)20-28-19-7-2-1-6-18(19)21(29-20)27-13-14-4-3-5-16(12-14)22(24,25)26/h1-12H,13H2,(H,27,28,29). The highest BCUT2D eigenvalue weighted by atomic mass is 35.5. The van der Waals surface area contributed by atoms with Crippen LogP contribution in [0.1, 0.15) is 11.1 Å². The fourth-order valence-electron chi connectivity index (χ4n) is 2.98. The monoisotopic (exact) mass is 413 g/mol. The molecule has 0 saturated heterocycles. The molecule has 0 aliphatic rings. The van der Waals surface area contributed by atoms with E-state index in [1.807, 2.05) is 36.4 Å². The molecule has 1 heterocycles. The number of fused-ring (bicyclic) bond motifs is 1. The summed E-state index contributed by atoms with van der Waals surface area (Å²) in [6.45, 7) is 0.199. The summed E-state index contributed by atoms with van der Waals surface area (Å²) in [6.07, 6.45) is -4.38. The van der Waals surface area contributed by atoms with Gasteiger partial charge in [0, 0.05) is 22.5 Å². The number of aromatic nitrogens is 2. The summed E-state index contributed by atoms with van der Waals surface area (Å²) in [5.74, 6) is 1.06. The van der Waals surface area contributed by atoms with Gasteiger partial charge in [0.25, 0.3) is 0 Å². The van der Waals surface area contributed by atoms with Crippen molar-refractivity contribution in [1.82, 2.24) is 9.97 Å². The maximum atomic E-state index is 13.0. The van der Waals surface area contributed by atoms with E-state index in [1.54, 1.807) is 18.2 Å². The third kappa shape index (κ3) is 4.32. The van der Waals surface area contributed by atoms with Gasteiger partial charge in [-0.25, -0.2) is 9.97 Å². The van der Waals surface area contributed by atoms with Gasteiger partial charge >= 0.3 is 6.18 Å². The first kappa shape index (κ1) is 19.2. The molecule has 4 rings (SSSR count). The Balaban J connectivity index is 1.69. The van der Waals surface area contributed by atoms with Crippen molar-refractivity contribution in [2.75, 3.05) is 5.32 Å². The van der Waals surface area contributed by atoms with Gasteiger partial charge in [0.1, 0.15) is 5.82 Å². The molecule has 1 aromatic heterocycles. The van der Waals surface area contributed by atoms with Crippen LogP contribution in [0.15, 0.2) is 72.8 Å². The zero-order chi connectivity index (χ0) is 20.4. The van der Waals surface area contributed by atoms with Crippen LogP contribution in [-0.2, 0) is 12.7 Å². The van der Waals surface area contributed by atoms with Gasteiger partial charge < -0.3 is 5.32 Å². The lowest BCUT2D eigenvalue weighted by molar-refractivity contribution is -0.137. The molecule has 0 saturated carbocycles. The number of nitrogens with one attached hydrogen (secondary N) is 1. The van der Waals surface area contributed by atoms with E-state index in [0.717, 1.165) is 28.6 Å². The molecule has 0 amide bonds. The molecule has 7 heteroatoms. The highest BCUT2D eigenvalue weighted by Gasteiger charge is 2.30. The molecular weight excluding hydrogens is 399 g/mol. The molecule has 0 radical (unpaired) electrons. The highest BCUT2D eigenvalue weighted by molar-refractivity contribution is 6.30. The second-order valence-electron chi connectivity index (χ2n) is 6.47. The number of halogens is 4. The van der Waals surface area contributed by atoms with Gasteiger partial charge in [0.05, 0.1) is 11.1 Å². The van der Waals surface area contributed by atoms with Crippen LogP contribution >= 0.6 is 11.6 Å². The summed E-state index contributed by atoms with van der Waals surface area (Å²) in [5.41, 5.74) is 1.36. The number of nitrogens with zero attached hydrogens (tertiary/aromatic N) is 2. The second kappa shape index (κ2) is 7.72. The fraction of sp³-hybridized carbons (Fsp3) is 0.0909. The Bertz CT molecular complexity index is 1160. The number of benzene rings is 3. The number of para-hydroxylation sites is 1. The smallest absolute Gasteiger partial charge is 0.365 e. The Morgan fingerprint density at radius 3 is 2.38 bits per heavy atom. The van der Waals surface area contributed by atoms with Gasteiger partial charge in [-0.3, -0.25) is 0 Å². The van der Waals surface area contributed by atoms with E-state index in [9.17, 15) is 13.2 Å². The molecule has 0 unspecified atom stereocenters. The number of alkyl halides is 3. The summed E-state index contributed by atoms with van der Waals surface area (Å²) in [5, 5.41) is 4.56. The van der Waals surface area contributed by atoms with Crippen molar-refractivity contribution in [3.63, 3.8) is 0 Å². The number of anilines is 1. The topological polar surface area (TPSA) is 37.8 Å². The molecule has 3 aromatic carbocycles. The molecule has 0 atom stereocenters. The molecule has 0 fully saturated rings. The fourth-order valence-corrected chi connectivity index (χ4v) is 3.11. The lowest BCUT2D eigenvalue weighted by Gasteiger charge is -2.12. The first-order chi connectivity index (χ1) is 13.9. The minimum Gasteiger partial charge on any atom is -0.365 e. The summed E-state index contributed by atoms with van der Waals surface area (Å²) >= 11 is 5.95. The minimum absolute atomic E-state index is 0.199. The third-order valence-corrected chi connectivity index (χ3v) is 4.67. The summed E-state index contributed by atoms with van der Waals surface area (Å²) in [6, 6.07) is 19.9. The Labute approximate surface area is 170 Å². The molecule has 1 N–H and O–H groups in total. The van der Waals surface area contributed by atoms with E-state index in [0.29, 0.717) is 22.2 Å². The van der Waals surface area contributed by atoms with Crippen molar-refractivity contribution in [2.45, 2.75) is 12.7 Å². The van der Waals surface area contributed by atoms with Crippen molar-refractivity contribution in [3.8, 4) is 11.4 Å². The Kier molecular flexibility index (Phi) is 5.11. The largest absolute Gasteiger partial charge is 0.416 e. The third-order valence-electron chi connectivity index (χ3n) is 4.42. The van der Waals surface area contributed by atoms with E-state index in [4.69, 9.17) is 11.6 Å². The Hall–Kier alpha value is -3.12. The predicted molar refractivity (Wildman–Crippen MR) is 109 cm³/mol. The van der Waals surface area contributed by atoms with Crippen molar-refractivity contribution >= 4 is 28.3 Å². The molecule has 0 aliphatic heterocycles. The van der Waals surface area contributed by atoms with Crippen molar-refractivity contribution < 1.29 is 13.2 Å². The number of hydrogen-bond donors (Lipinski definition) is 1. The van der Waals surface area contributed by atoms with E-state index >= 15 is 0 Å². The van der Waals surface area contributed by atoms with E-state index in [2.05, 4.69) is 15.3 Å². The maximum absolute atomic E-state index is 13.0. The minimum atomic E-state index is -4.38. The predicted octanol–water partition coefficient (Wildman–Crippen LogP) is 6.58. The molecule has 3 nitrogen and oxygen atoms in total. The van der Waals surface area contributed by atoms with E-state index in [-0.39, 0.29) is 6.54 Å². The summed E-state index contributed by atoms with van der Waals surface area (Å²) in [4.78, 5) is 9.19. The van der Waals surface area contributed by atoms with Crippen LogP contribution in [0.25, 0.3) is 22.3 Å². The molecule has 0 bridgehead atoms. The van der Waals surface area contributed by atoms with Gasteiger partial charge in [-0.15, -0.1) is 0 Å². The lowest BCUT2D eigenvalue weighted by Crippen LogP contribution is -2.08. The highest BCUT2D eigenvalue weighted by Crippen LogP contribution is 2.30. The second-order valence-corrected chi connectivity index (χ2v) is 6.91. The van der Waals surface area contributed by atoms with Crippen LogP contribution < -0.4 is 5.32 Å². The zero-order valence-electron chi connectivity index (χ0n) is 15.0. The van der Waals surface area contributed by atoms with Crippen LogP contribution in [0, 0.1) is 0 Å².